The normalized spacial score (nSPS) is 12.7. The van der Waals surface area contributed by atoms with Crippen molar-refractivity contribution in [1.82, 2.24) is 4.90 Å². The van der Waals surface area contributed by atoms with Gasteiger partial charge in [0.25, 0.3) is 0 Å². The fourth-order valence-electron chi connectivity index (χ4n) is 2.27. The summed E-state index contributed by atoms with van der Waals surface area (Å²) in [5.74, 6) is 0.847. The molecular formula is C17H26N2. The van der Waals surface area contributed by atoms with Gasteiger partial charge in [-0.25, -0.2) is 0 Å². The average Bonchev–Trinajstić information content (AvgIpc) is 2.37. The van der Waals surface area contributed by atoms with Crippen LogP contribution >= 0.6 is 0 Å². The van der Waals surface area contributed by atoms with Crippen molar-refractivity contribution >= 4 is 0 Å². The van der Waals surface area contributed by atoms with E-state index in [1.807, 2.05) is 0 Å². The van der Waals surface area contributed by atoms with E-state index in [4.69, 9.17) is 5.26 Å². The molecule has 0 saturated carbocycles. The van der Waals surface area contributed by atoms with Crippen molar-refractivity contribution in [2.24, 2.45) is 11.8 Å². The van der Waals surface area contributed by atoms with E-state index >= 15 is 0 Å². The molecule has 1 rings (SSSR count). The van der Waals surface area contributed by atoms with Crippen LogP contribution in [0.4, 0.5) is 0 Å². The van der Waals surface area contributed by atoms with Gasteiger partial charge < -0.3 is 4.90 Å². The number of nitrogens with zero attached hydrogens (tertiary/aromatic N) is 2. The smallest absolute Gasteiger partial charge is 0.0669 e. The number of nitriles is 1. The Morgan fingerprint density at radius 3 is 2.21 bits per heavy atom. The molecule has 2 nitrogen and oxygen atoms in total. The van der Waals surface area contributed by atoms with Crippen molar-refractivity contribution in [1.29, 1.82) is 5.26 Å². The molecule has 0 aliphatic carbocycles. The van der Waals surface area contributed by atoms with Gasteiger partial charge in [-0.05, 0) is 36.9 Å². The molecule has 0 aliphatic heterocycles. The summed E-state index contributed by atoms with van der Waals surface area (Å²) in [6.07, 6.45) is 2.07. The predicted octanol–water partition coefficient (Wildman–Crippen LogP) is 3.87. The van der Waals surface area contributed by atoms with E-state index < -0.39 is 0 Å². The van der Waals surface area contributed by atoms with Gasteiger partial charge in [0.1, 0.15) is 0 Å². The molecule has 104 valence electrons. The molecule has 0 radical (unpaired) electrons. The Bertz CT molecular complexity index is 400. The van der Waals surface area contributed by atoms with Gasteiger partial charge in [0.15, 0.2) is 0 Å². The topological polar surface area (TPSA) is 27.0 Å². The maximum Gasteiger partial charge on any atom is 0.0669 e. The van der Waals surface area contributed by atoms with Crippen LogP contribution in [0.5, 0.6) is 0 Å². The Balaban J connectivity index is 2.51. The first-order valence-corrected chi connectivity index (χ1v) is 7.21. The van der Waals surface area contributed by atoms with E-state index in [1.54, 1.807) is 0 Å². The number of benzene rings is 1. The number of hydrogen-bond acceptors (Lipinski definition) is 2. The van der Waals surface area contributed by atoms with Gasteiger partial charge in [-0.1, -0.05) is 45.0 Å². The summed E-state index contributed by atoms with van der Waals surface area (Å²) < 4.78 is 0. The molecule has 0 heterocycles. The highest BCUT2D eigenvalue weighted by Gasteiger charge is 2.08. The summed E-state index contributed by atoms with van der Waals surface area (Å²) >= 11 is 0. The first-order valence-electron chi connectivity index (χ1n) is 7.21. The molecule has 0 amide bonds. The second-order valence-corrected chi connectivity index (χ2v) is 5.85. The van der Waals surface area contributed by atoms with Gasteiger partial charge in [0, 0.05) is 13.1 Å². The second-order valence-electron chi connectivity index (χ2n) is 5.85. The van der Waals surface area contributed by atoms with Crippen LogP contribution in [0.2, 0.25) is 0 Å². The zero-order chi connectivity index (χ0) is 14.3. The summed E-state index contributed by atoms with van der Waals surface area (Å²) in [4.78, 5) is 2.23. The van der Waals surface area contributed by atoms with Gasteiger partial charge in [0.2, 0.25) is 0 Å². The number of hydrogen-bond donors (Lipinski definition) is 0. The lowest BCUT2D eigenvalue weighted by atomic mass is 10.0. The summed E-state index contributed by atoms with van der Waals surface area (Å²) in [7, 11) is 2.09. The fraction of sp³-hybridized carbons (Fsp3) is 0.588. The van der Waals surface area contributed by atoms with E-state index in [0.29, 0.717) is 5.92 Å². The van der Waals surface area contributed by atoms with E-state index in [0.717, 1.165) is 25.9 Å². The molecule has 1 unspecified atom stereocenters. The average molecular weight is 258 g/mol. The van der Waals surface area contributed by atoms with Crippen molar-refractivity contribution in [3.05, 3.63) is 35.4 Å². The molecule has 0 N–H and O–H groups in total. The minimum Gasteiger partial charge on any atom is -0.301 e. The largest absolute Gasteiger partial charge is 0.301 e. The molecule has 0 saturated heterocycles. The first-order chi connectivity index (χ1) is 9.05. The Labute approximate surface area is 118 Å². The molecule has 0 bridgehead atoms. The monoisotopic (exact) mass is 258 g/mol. The van der Waals surface area contributed by atoms with Crippen LogP contribution in [0.25, 0.3) is 0 Å². The lowest BCUT2D eigenvalue weighted by molar-refractivity contribution is 0.292. The van der Waals surface area contributed by atoms with E-state index in [-0.39, 0.29) is 5.92 Å². The fourth-order valence-corrected chi connectivity index (χ4v) is 2.27. The SMILES string of the molecule is CCC(C#N)CN(C)Cc1ccc(CC(C)C)cc1. The molecule has 0 aliphatic rings. The van der Waals surface area contributed by atoms with Crippen LogP contribution in [-0.2, 0) is 13.0 Å². The van der Waals surface area contributed by atoms with Crippen molar-refractivity contribution in [3.8, 4) is 6.07 Å². The molecule has 1 atom stereocenters. The molecule has 1 aromatic rings. The summed E-state index contributed by atoms with van der Waals surface area (Å²) in [5, 5.41) is 8.98. The third-order valence-electron chi connectivity index (χ3n) is 3.33. The zero-order valence-corrected chi connectivity index (χ0v) is 12.7. The maximum atomic E-state index is 8.98. The summed E-state index contributed by atoms with van der Waals surface area (Å²) in [5.41, 5.74) is 2.73. The lowest BCUT2D eigenvalue weighted by Gasteiger charge is -2.19. The second kappa shape index (κ2) is 7.96. The Morgan fingerprint density at radius 2 is 1.74 bits per heavy atom. The van der Waals surface area contributed by atoms with Crippen LogP contribution in [0, 0.1) is 23.2 Å². The standard InChI is InChI=1S/C17H26N2/c1-5-15(11-18)12-19(4)13-17-8-6-16(7-9-17)10-14(2)3/h6-9,14-15H,5,10,12-13H2,1-4H3. The number of rotatable bonds is 7. The van der Waals surface area contributed by atoms with Gasteiger partial charge in [-0.3, -0.25) is 0 Å². The van der Waals surface area contributed by atoms with Crippen LogP contribution in [0.1, 0.15) is 38.3 Å². The molecule has 0 spiro atoms. The van der Waals surface area contributed by atoms with Crippen LogP contribution in [0.3, 0.4) is 0 Å². The molecular weight excluding hydrogens is 232 g/mol. The quantitative estimate of drug-likeness (QED) is 0.742. The minimum absolute atomic E-state index is 0.144. The van der Waals surface area contributed by atoms with Crippen LogP contribution in [0.15, 0.2) is 24.3 Å². The minimum atomic E-state index is 0.144. The molecule has 0 aromatic heterocycles. The highest BCUT2D eigenvalue weighted by Crippen LogP contribution is 2.12. The third kappa shape index (κ3) is 5.89. The van der Waals surface area contributed by atoms with Crippen molar-refractivity contribution in [2.75, 3.05) is 13.6 Å². The maximum absolute atomic E-state index is 8.98. The van der Waals surface area contributed by atoms with Gasteiger partial charge in [-0.15, -0.1) is 0 Å². The Morgan fingerprint density at radius 1 is 1.16 bits per heavy atom. The zero-order valence-electron chi connectivity index (χ0n) is 12.7. The highest BCUT2D eigenvalue weighted by atomic mass is 15.1. The van der Waals surface area contributed by atoms with Crippen molar-refractivity contribution < 1.29 is 0 Å². The van der Waals surface area contributed by atoms with Gasteiger partial charge >= 0.3 is 0 Å². The van der Waals surface area contributed by atoms with E-state index in [1.165, 1.54) is 11.1 Å². The Kier molecular flexibility index (Phi) is 6.59. The summed E-state index contributed by atoms with van der Waals surface area (Å²) in [6.45, 7) is 8.33. The first kappa shape index (κ1) is 15.7. The van der Waals surface area contributed by atoms with Crippen molar-refractivity contribution in [3.63, 3.8) is 0 Å². The molecule has 1 aromatic carbocycles. The van der Waals surface area contributed by atoms with Gasteiger partial charge in [-0.2, -0.15) is 5.26 Å². The highest BCUT2D eigenvalue weighted by molar-refractivity contribution is 5.22. The Hall–Kier alpha value is -1.33. The van der Waals surface area contributed by atoms with E-state index in [2.05, 4.69) is 63.1 Å². The lowest BCUT2D eigenvalue weighted by Crippen LogP contribution is -2.24. The molecule has 2 heteroatoms. The third-order valence-corrected chi connectivity index (χ3v) is 3.33. The summed E-state index contributed by atoms with van der Waals surface area (Å²) in [6, 6.07) is 11.2. The molecule has 19 heavy (non-hydrogen) atoms. The molecule has 0 fully saturated rings. The van der Waals surface area contributed by atoms with Crippen LogP contribution in [-0.4, -0.2) is 18.5 Å². The van der Waals surface area contributed by atoms with Gasteiger partial charge in [0.05, 0.1) is 12.0 Å². The van der Waals surface area contributed by atoms with Crippen molar-refractivity contribution in [2.45, 2.75) is 40.2 Å². The van der Waals surface area contributed by atoms with E-state index in [9.17, 15) is 0 Å². The predicted molar refractivity (Wildman–Crippen MR) is 80.7 cm³/mol. The van der Waals surface area contributed by atoms with Crippen LogP contribution < -0.4 is 0 Å².